The van der Waals surface area contributed by atoms with Crippen LogP contribution in [0.1, 0.15) is 62.0 Å². The maximum Gasteiger partial charge on any atom is 0.358 e. The Labute approximate surface area is 181 Å². The number of hydrogen-bond donors (Lipinski definition) is 0. The van der Waals surface area contributed by atoms with Crippen molar-refractivity contribution in [1.82, 2.24) is 9.88 Å². The summed E-state index contributed by atoms with van der Waals surface area (Å²) in [4.78, 5) is 31.2. The molecular formula is C23H27N3O3S. The topological polar surface area (TPSA) is 83.3 Å². The molecule has 1 aliphatic rings. The first-order chi connectivity index (χ1) is 14.4. The summed E-state index contributed by atoms with van der Waals surface area (Å²) in [6.07, 6.45) is 4.19. The van der Waals surface area contributed by atoms with Gasteiger partial charge in [0.2, 0.25) is 0 Å². The summed E-state index contributed by atoms with van der Waals surface area (Å²) in [7, 11) is 1.63. The van der Waals surface area contributed by atoms with Gasteiger partial charge in [-0.25, -0.2) is 9.78 Å². The normalized spacial score (nSPS) is 16.3. The van der Waals surface area contributed by atoms with E-state index in [9.17, 15) is 14.9 Å². The van der Waals surface area contributed by atoms with E-state index in [2.05, 4.69) is 18.0 Å². The lowest BCUT2D eigenvalue weighted by atomic mass is 9.81. The van der Waals surface area contributed by atoms with Gasteiger partial charge < -0.3 is 9.64 Å². The molecule has 0 aliphatic heterocycles. The number of benzene rings is 1. The van der Waals surface area contributed by atoms with Crippen LogP contribution < -0.4 is 0 Å². The van der Waals surface area contributed by atoms with Crippen molar-refractivity contribution >= 4 is 23.2 Å². The number of carbonyl (C=O) groups excluding carboxylic acids is 2. The van der Waals surface area contributed by atoms with Crippen molar-refractivity contribution in [3.8, 4) is 16.6 Å². The highest BCUT2D eigenvalue weighted by atomic mass is 32.1. The third-order valence-corrected chi connectivity index (χ3v) is 6.71. The minimum absolute atomic E-state index is 0.185. The van der Waals surface area contributed by atoms with Crippen molar-refractivity contribution < 1.29 is 14.3 Å². The number of aromatic nitrogens is 1. The van der Waals surface area contributed by atoms with Crippen molar-refractivity contribution in [2.75, 3.05) is 7.05 Å². The Morgan fingerprint density at radius 1 is 1.27 bits per heavy atom. The third-order valence-electron chi connectivity index (χ3n) is 5.82. The second-order valence-electron chi connectivity index (χ2n) is 7.74. The van der Waals surface area contributed by atoms with Crippen molar-refractivity contribution in [3.05, 3.63) is 40.9 Å². The van der Waals surface area contributed by atoms with Gasteiger partial charge in [0.25, 0.3) is 5.91 Å². The molecule has 0 radical (unpaired) electrons. The Balaban J connectivity index is 1.66. The van der Waals surface area contributed by atoms with Crippen LogP contribution in [-0.2, 0) is 16.0 Å². The summed E-state index contributed by atoms with van der Waals surface area (Å²) in [5, 5.41) is 12.1. The van der Waals surface area contributed by atoms with E-state index in [1.807, 2.05) is 24.3 Å². The van der Waals surface area contributed by atoms with Gasteiger partial charge >= 0.3 is 5.97 Å². The number of rotatable bonds is 6. The number of likely N-dealkylation sites (N-methyl/N-ethyl adjacent to an activating group) is 1. The molecule has 3 rings (SSSR count). The van der Waals surface area contributed by atoms with E-state index in [-0.39, 0.29) is 11.6 Å². The largest absolute Gasteiger partial charge is 0.448 e. The SMILES string of the molecule is CCc1ccc(-c2nc(C(=O)O[C@@H](C)C(=O)N(C)C3(C#N)CCCCC3)cs2)cc1. The van der Waals surface area contributed by atoms with Crippen LogP contribution >= 0.6 is 11.3 Å². The fourth-order valence-corrected chi connectivity index (χ4v) is 4.59. The lowest BCUT2D eigenvalue weighted by molar-refractivity contribution is -0.143. The molecule has 0 N–H and O–H groups in total. The Hall–Kier alpha value is -2.72. The Bertz CT molecular complexity index is 939. The maximum absolute atomic E-state index is 12.8. The first-order valence-electron chi connectivity index (χ1n) is 10.3. The zero-order chi connectivity index (χ0) is 21.7. The van der Waals surface area contributed by atoms with Gasteiger partial charge in [-0.1, -0.05) is 50.5 Å². The molecule has 7 heteroatoms. The van der Waals surface area contributed by atoms with Gasteiger partial charge in [0, 0.05) is 18.0 Å². The molecule has 0 unspecified atom stereocenters. The molecule has 1 aromatic heterocycles. The van der Waals surface area contributed by atoms with Gasteiger partial charge in [0.15, 0.2) is 11.8 Å². The molecule has 1 amide bonds. The number of carbonyl (C=O) groups is 2. The Morgan fingerprint density at radius 3 is 2.53 bits per heavy atom. The first kappa shape index (κ1) is 22.0. The summed E-state index contributed by atoms with van der Waals surface area (Å²) >= 11 is 1.36. The Morgan fingerprint density at radius 2 is 1.93 bits per heavy atom. The fraction of sp³-hybridized carbons (Fsp3) is 0.478. The molecule has 158 valence electrons. The second-order valence-corrected chi connectivity index (χ2v) is 8.60. The summed E-state index contributed by atoms with van der Waals surface area (Å²) in [5.74, 6) is -0.996. The third kappa shape index (κ3) is 4.54. The number of thiazole rings is 1. The van der Waals surface area contributed by atoms with Crippen LogP contribution in [0.5, 0.6) is 0 Å². The zero-order valence-electron chi connectivity index (χ0n) is 17.7. The van der Waals surface area contributed by atoms with Crippen molar-refractivity contribution in [2.45, 2.75) is 64.0 Å². The minimum Gasteiger partial charge on any atom is -0.448 e. The van der Waals surface area contributed by atoms with Crippen molar-refractivity contribution in [3.63, 3.8) is 0 Å². The maximum atomic E-state index is 12.8. The monoisotopic (exact) mass is 425 g/mol. The van der Waals surface area contributed by atoms with Crippen LogP contribution in [0.4, 0.5) is 0 Å². The minimum atomic E-state index is -0.983. The van der Waals surface area contributed by atoms with Gasteiger partial charge in [-0.3, -0.25) is 4.79 Å². The molecule has 1 atom stereocenters. The highest BCUT2D eigenvalue weighted by molar-refractivity contribution is 7.13. The quantitative estimate of drug-likeness (QED) is 0.632. The van der Waals surface area contributed by atoms with Crippen LogP contribution in [0.25, 0.3) is 10.6 Å². The fourth-order valence-electron chi connectivity index (χ4n) is 3.80. The van der Waals surface area contributed by atoms with Crippen LogP contribution in [0, 0.1) is 11.3 Å². The molecular weight excluding hydrogens is 398 g/mol. The number of amides is 1. The second kappa shape index (κ2) is 9.40. The summed E-state index contributed by atoms with van der Waals surface area (Å²) in [6.45, 7) is 3.64. The van der Waals surface area contributed by atoms with Crippen LogP contribution in [0.2, 0.25) is 0 Å². The van der Waals surface area contributed by atoms with E-state index >= 15 is 0 Å². The standard InChI is InChI=1S/C23H27N3O3S/c1-4-17-8-10-18(11-9-17)20-25-19(14-30-20)22(28)29-16(2)21(27)26(3)23(15-24)12-6-5-7-13-23/h8-11,14,16H,4-7,12-13H2,1-3H3/t16-/m0/s1. The number of nitrogens with zero attached hydrogens (tertiary/aromatic N) is 3. The molecule has 0 bridgehead atoms. The predicted octanol–water partition coefficient (Wildman–Crippen LogP) is 4.60. The summed E-state index contributed by atoms with van der Waals surface area (Å²) in [5.41, 5.74) is 1.55. The molecule has 6 nitrogen and oxygen atoms in total. The molecule has 1 fully saturated rings. The van der Waals surface area contributed by atoms with Crippen molar-refractivity contribution in [1.29, 1.82) is 5.26 Å². The van der Waals surface area contributed by atoms with E-state index in [1.165, 1.54) is 21.8 Å². The summed E-state index contributed by atoms with van der Waals surface area (Å²) in [6, 6.07) is 10.4. The molecule has 0 spiro atoms. The van der Waals surface area contributed by atoms with Crippen LogP contribution in [0.3, 0.4) is 0 Å². The molecule has 0 saturated heterocycles. The van der Waals surface area contributed by atoms with E-state index in [0.717, 1.165) is 36.3 Å². The lowest BCUT2D eigenvalue weighted by Crippen LogP contribution is -2.53. The number of esters is 1. The molecule has 1 aliphatic carbocycles. The van der Waals surface area contributed by atoms with Gasteiger partial charge in [0.05, 0.1) is 6.07 Å². The van der Waals surface area contributed by atoms with Gasteiger partial charge in [0.1, 0.15) is 10.5 Å². The van der Waals surface area contributed by atoms with Crippen LogP contribution in [0.15, 0.2) is 29.6 Å². The number of nitriles is 1. The van der Waals surface area contributed by atoms with E-state index in [1.54, 1.807) is 19.4 Å². The molecule has 30 heavy (non-hydrogen) atoms. The highest BCUT2D eigenvalue weighted by Crippen LogP contribution is 2.33. The van der Waals surface area contributed by atoms with Crippen LogP contribution in [-0.4, -0.2) is 40.5 Å². The van der Waals surface area contributed by atoms with E-state index < -0.39 is 17.6 Å². The van der Waals surface area contributed by atoms with E-state index in [4.69, 9.17) is 4.74 Å². The van der Waals surface area contributed by atoms with Crippen molar-refractivity contribution in [2.24, 2.45) is 0 Å². The van der Waals surface area contributed by atoms with E-state index in [0.29, 0.717) is 12.8 Å². The molecule has 2 aromatic rings. The number of ether oxygens (including phenoxy) is 1. The zero-order valence-corrected chi connectivity index (χ0v) is 18.5. The highest BCUT2D eigenvalue weighted by Gasteiger charge is 2.40. The van der Waals surface area contributed by atoms with Gasteiger partial charge in [-0.2, -0.15) is 5.26 Å². The summed E-state index contributed by atoms with van der Waals surface area (Å²) < 4.78 is 5.39. The smallest absolute Gasteiger partial charge is 0.358 e. The number of hydrogen-bond acceptors (Lipinski definition) is 6. The van der Waals surface area contributed by atoms with Gasteiger partial charge in [-0.05, 0) is 31.7 Å². The van der Waals surface area contributed by atoms with Gasteiger partial charge in [-0.15, -0.1) is 11.3 Å². The average Bonchev–Trinajstić information content (AvgIpc) is 3.29. The first-order valence-corrected chi connectivity index (χ1v) is 11.2. The molecule has 1 saturated carbocycles. The number of aryl methyl sites for hydroxylation is 1. The molecule has 1 heterocycles. The lowest BCUT2D eigenvalue weighted by Gasteiger charge is -2.39. The predicted molar refractivity (Wildman–Crippen MR) is 116 cm³/mol. The Kier molecular flexibility index (Phi) is 6.88. The average molecular weight is 426 g/mol. The molecule has 1 aromatic carbocycles.